The molecule has 0 unspecified atom stereocenters. The van der Waals surface area contributed by atoms with Gasteiger partial charge >= 0.3 is 0 Å². The first-order chi connectivity index (χ1) is 14.8. The molecule has 0 aromatic heterocycles. The molecule has 2 aromatic carbocycles. The molecule has 1 saturated carbocycles. The van der Waals surface area contributed by atoms with Crippen LogP contribution in [0.1, 0.15) is 60.5 Å². The molecule has 1 aliphatic carbocycles. The second kappa shape index (κ2) is 9.97. The SMILES string of the molecule is CC(=NNC(=O)c1ccc(C)c([N+](=O)[O-])c1)c1cccc(NC(=O)C2CCCCC2)c1. The molecule has 0 aliphatic heterocycles. The molecule has 1 aliphatic rings. The van der Waals surface area contributed by atoms with Gasteiger partial charge in [-0.2, -0.15) is 5.10 Å². The fourth-order valence-electron chi connectivity index (χ4n) is 3.64. The number of aryl methyl sites for hydroxylation is 1. The Kier molecular flexibility index (Phi) is 7.12. The highest BCUT2D eigenvalue weighted by Gasteiger charge is 2.21. The van der Waals surface area contributed by atoms with E-state index >= 15 is 0 Å². The Morgan fingerprint density at radius 1 is 1.06 bits per heavy atom. The largest absolute Gasteiger partial charge is 0.326 e. The predicted octanol–water partition coefficient (Wildman–Crippen LogP) is 4.58. The molecule has 2 N–H and O–H groups in total. The Morgan fingerprint density at radius 3 is 2.52 bits per heavy atom. The summed E-state index contributed by atoms with van der Waals surface area (Å²) in [6, 6.07) is 11.6. The zero-order valence-corrected chi connectivity index (χ0v) is 17.7. The smallest absolute Gasteiger partial charge is 0.273 e. The molecule has 31 heavy (non-hydrogen) atoms. The number of nitro groups is 1. The average molecular weight is 422 g/mol. The van der Waals surface area contributed by atoms with Gasteiger partial charge in [0.15, 0.2) is 0 Å². The summed E-state index contributed by atoms with van der Waals surface area (Å²) in [6.07, 6.45) is 5.22. The van der Waals surface area contributed by atoms with Crippen LogP contribution >= 0.6 is 0 Å². The van der Waals surface area contributed by atoms with Gasteiger partial charge in [0.2, 0.25) is 5.91 Å². The summed E-state index contributed by atoms with van der Waals surface area (Å²) in [5.41, 5.74) is 4.93. The van der Waals surface area contributed by atoms with E-state index in [2.05, 4.69) is 15.8 Å². The third-order valence-corrected chi connectivity index (χ3v) is 5.52. The molecule has 162 valence electrons. The van der Waals surface area contributed by atoms with Crippen LogP contribution in [0.15, 0.2) is 47.6 Å². The van der Waals surface area contributed by atoms with Crippen molar-refractivity contribution in [2.75, 3.05) is 5.32 Å². The third kappa shape index (κ3) is 5.75. The summed E-state index contributed by atoms with van der Waals surface area (Å²) in [5.74, 6) is -0.435. The van der Waals surface area contributed by atoms with Crippen LogP contribution in [0.5, 0.6) is 0 Å². The lowest BCUT2D eigenvalue weighted by Crippen LogP contribution is -2.24. The topological polar surface area (TPSA) is 114 Å². The minimum absolute atomic E-state index is 0.0423. The summed E-state index contributed by atoms with van der Waals surface area (Å²) in [4.78, 5) is 35.4. The maximum absolute atomic E-state index is 12.5. The fraction of sp³-hybridized carbons (Fsp3) is 0.348. The van der Waals surface area contributed by atoms with Crippen molar-refractivity contribution in [2.24, 2.45) is 11.0 Å². The van der Waals surface area contributed by atoms with Crippen LogP contribution in [-0.4, -0.2) is 22.4 Å². The minimum Gasteiger partial charge on any atom is -0.326 e. The van der Waals surface area contributed by atoms with Crippen LogP contribution in [0.3, 0.4) is 0 Å². The van der Waals surface area contributed by atoms with E-state index in [0.29, 0.717) is 17.0 Å². The third-order valence-electron chi connectivity index (χ3n) is 5.52. The van der Waals surface area contributed by atoms with Crippen LogP contribution < -0.4 is 10.7 Å². The number of nitrogens with zero attached hydrogens (tertiary/aromatic N) is 2. The van der Waals surface area contributed by atoms with Crippen molar-refractivity contribution < 1.29 is 14.5 Å². The van der Waals surface area contributed by atoms with Crippen molar-refractivity contribution in [3.63, 3.8) is 0 Å². The highest BCUT2D eigenvalue weighted by atomic mass is 16.6. The zero-order valence-electron chi connectivity index (χ0n) is 17.7. The van der Waals surface area contributed by atoms with Crippen LogP contribution in [0.25, 0.3) is 0 Å². The van der Waals surface area contributed by atoms with Crippen LogP contribution in [-0.2, 0) is 4.79 Å². The van der Waals surface area contributed by atoms with Gasteiger partial charge in [0, 0.05) is 28.8 Å². The van der Waals surface area contributed by atoms with E-state index in [-0.39, 0.29) is 23.1 Å². The number of anilines is 1. The maximum atomic E-state index is 12.5. The van der Waals surface area contributed by atoms with Gasteiger partial charge < -0.3 is 5.32 Å². The first-order valence-electron chi connectivity index (χ1n) is 10.4. The molecule has 0 saturated heterocycles. The molecule has 8 heteroatoms. The molecule has 0 spiro atoms. The van der Waals surface area contributed by atoms with E-state index in [1.54, 1.807) is 13.8 Å². The number of rotatable bonds is 6. The van der Waals surface area contributed by atoms with Crippen LogP contribution in [0.4, 0.5) is 11.4 Å². The molecular weight excluding hydrogens is 396 g/mol. The molecule has 8 nitrogen and oxygen atoms in total. The van der Waals surface area contributed by atoms with Crippen LogP contribution in [0, 0.1) is 23.0 Å². The van der Waals surface area contributed by atoms with E-state index in [0.717, 1.165) is 31.2 Å². The van der Waals surface area contributed by atoms with E-state index in [4.69, 9.17) is 0 Å². The molecule has 0 radical (unpaired) electrons. The monoisotopic (exact) mass is 422 g/mol. The number of hydrazone groups is 1. The highest BCUT2D eigenvalue weighted by Crippen LogP contribution is 2.25. The minimum atomic E-state index is -0.538. The summed E-state index contributed by atoms with van der Waals surface area (Å²) in [5, 5.41) is 18.2. The quantitative estimate of drug-likeness (QED) is 0.403. The van der Waals surface area contributed by atoms with Gasteiger partial charge in [0.1, 0.15) is 0 Å². The van der Waals surface area contributed by atoms with Crippen molar-refractivity contribution in [3.05, 3.63) is 69.3 Å². The lowest BCUT2D eigenvalue weighted by Gasteiger charge is -2.20. The fourth-order valence-corrected chi connectivity index (χ4v) is 3.64. The Morgan fingerprint density at radius 2 is 1.81 bits per heavy atom. The van der Waals surface area contributed by atoms with Gasteiger partial charge in [-0.25, -0.2) is 5.43 Å². The Hall–Kier alpha value is -3.55. The van der Waals surface area contributed by atoms with Crippen molar-refractivity contribution in [2.45, 2.75) is 46.0 Å². The van der Waals surface area contributed by atoms with Gasteiger partial charge in [-0.3, -0.25) is 19.7 Å². The lowest BCUT2D eigenvalue weighted by atomic mass is 9.88. The number of hydrogen-bond acceptors (Lipinski definition) is 5. The molecule has 3 rings (SSSR count). The number of carbonyl (C=O) groups excluding carboxylic acids is 2. The Bertz CT molecular complexity index is 1030. The zero-order chi connectivity index (χ0) is 22.4. The van der Waals surface area contributed by atoms with Gasteiger partial charge in [0.25, 0.3) is 11.6 Å². The van der Waals surface area contributed by atoms with E-state index in [9.17, 15) is 19.7 Å². The molecule has 2 amide bonds. The van der Waals surface area contributed by atoms with Crippen molar-refractivity contribution >= 4 is 28.9 Å². The number of nitro benzene ring substituents is 1. The van der Waals surface area contributed by atoms with Gasteiger partial charge in [-0.1, -0.05) is 37.5 Å². The number of amides is 2. The average Bonchev–Trinajstić information content (AvgIpc) is 2.78. The van der Waals surface area contributed by atoms with E-state index in [1.165, 1.54) is 24.6 Å². The number of nitrogens with one attached hydrogen (secondary N) is 2. The molecule has 1 fully saturated rings. The van der Waals surface area contributed by atoms with Crippen molar-refractivity contribution in [3.8, 4) is 0 Å². The predicted molar refractivity (Wildman–Crippen MR) is 119 cm³/mol. The molecular formula is C23H26N4O4. The number of benzene rings is 2. The second-order valence-corrected chi connectivity index (χ2v) is 7.80. The van der Waals surface area contributed by atoms with Crippen molar-refractivity contribution in [1.82, 2.24) is 5.43 Å². The summed E-state index contributed by atoms with van der Waals surface area (Å²) in [7, 11) is 0. The summed E-state index contributed by atoms with van der Waals surface area (Å²) in [6.45, 7) is 3.35. The number of hydrogen-bond donors (Lipinski definition) is 2. The number of carbonyl (C=O) groups is 2. The lowest BCUT2D eigenvalue weighted by molar-refractivity contribution is -0.385. The van der Waals surface area contributed by atoms with E-state index in [1.807, 2.05) is 24.3 Å². The molecule has 0 bridgehead atoms. The second-order valence-electron chi connectivity index (χ2n) is 7.80. The van der Waals surface area contributed by atoms with Crippen molar-refractivity contribution in [1.29, 1.82) is 0 Å². The molecule has 0 heterocycles. The maximum Gasteiger partial charge on any atom is 0.273 e. The van der Waals surface area contributed by atoms with Gasteiger partial charge in [-0.15, -0.1) is 0 Å². The van der Waals surface area contributed by atoms with Crippen LogP contribution in [0.2, 0.25) is 0 Å². The first kappa shape index (κ1) is 22.1. The highest BCUT2D eigenvalue weighted by molar-refractivity contribution is 6.02. The standard InChI is InChI=1S/C23H26N4O4/c1-15-11-12-19(14-21(15)27(30)31)23(29)26-25-16(2)18-9-6-10-20(13-18)24-22(28)17-7-4-3-5-8-17/h6,9-14,17H,3-5,7-8H2,1-2H3,(H,24,28)(H,26,29). The van der Waals surface area contributed by atoms with Gasteiger partial charge in [0.05, 0.1) is 10.6 Å². The first-order valence-corrected chi connectivity index (χ1v) is 10.4. The normalized spacial score (nSPS) is 14.7. The Balaban J connectivity index is 1.67. The summed E-state index contributed by atoms with van der Waals surface area (Å²) < 4.78 is 0. The molecule has 2 aromatic rings. The Labute approximate surface area is 180 Å². The molecule has 0 atom stereocenters. The van der Waals surface area contributed by atoms with E-state index < -0.39 is 10.8 Å². The summed E-state index contributed by atoms with van der Waals surface area (Å²) >= 11 is 0. The van der Waals surface area contributed by atoms with Gasteiger partial charge in [-0.05, 0) is 50.5 Å².